The molecule has 1 N–H and O–H groups in total. The van der Waals surface area contributed by atoms with E-state index in [4.69, 9.17) is 4.74 Å². The average molecular weight is 326 g/mol. The fraction of sp³-hybridized carbons (Fsp3) is 0.533. The molecular weight excluding hydrogens is 304 g/mol. The predicted molar refractivity (Wildman–Crippen MR) is 84.3 cm³/mol. The maximum absolute atomic E-state index is 12.4. The Morgan fingerprint density at radius 1 is 1.41 bits per heavy atom. The second-order valence-electron chi connectivity index (χ2n) is 5.56. The summed E-state index contributed by atoms with van der Waals surface area (Å²) in [5.74, 6) is 0.683. The molecule has 6 nitrogen and oxygen atoms in total. The van der Waals surface area contributed by atoms with Gasteiger partial charge in [-0.05, 0) is 18.9 Å². The van der Waals surface area contributed by atoms with Crippen LogP contribution in [0.2, 0.25) is 0 Å². The lowest BCUT2D eigenvalue weighted by Gasteiger charge is -2.33. The van der Waals surface area contributed by atoms with E-state index in [9.17, 15) is 13.2 Å². The van der Waals surface area contributed by atoms with Crippen LogP contribution in [0, 0.1) is 0 Å². The summed E-state index contributed by atoms with van der Waals surface area (Å²) in [7, 11) is -1.67. The summed E-state index contributed by atoms with van der Waals surface area (Å²) in [6, 6.07) is 7.22. The molecule has 122 valence electrons. The smallest absolute Gasteiger partial charge is 0.227 e. The number of methoxy groups -OCH3 is 1. The van der Waals surface area contributed by atoms with Gasteiger partial charge in [0.05, 0.1) is 19.8 Å². The second kappa shape index (κ2) is 7.11. The summed E-state index contributed by atoms with van der Waals surface area (Å²) < 4.78 is 30.5. The third kappa shape index (κ3) is 4.71. The van der Waals surface area contributed by atoms with E-state index in [1.807, 2.05) is 24.3 Å². The minimum Gasteiger partial charge on any atom is -0.496 e. The molecule has 0 aliphatic carbocycles. The molecule has 1 saturated heterocycles. The SMILES string of the molecule is COc1ccccc1CC(=O)N1CCCC(NS(C)(=O)=O)C1. The first kappa shape index (κ1) is 16.8. The van der Waals surface area contributed by atoms with Crippen LogP contribution < -0.4 is 9.46 Å². The van der Waals surface area contributed by atoms with E-state index >= 15 is 0 Å². The number of rotatable bonds is 5. The van der Waals surface area contributed by atoms with Crippen molar-refractivity contribution in [2.75, 3.05) is 26.5 Å². The van der Waals surface area contributed by atoms with E-state index in [0.29, 0.717) is 18.8 Å². The summed E-state index contributed by atoms with van der Waals surface area (Å²) in [6.07, 6.45) is 2.95. The lowest BCUT2D eigenvalue weighted by Crippen LogP contribution is -2.49. The first-order chi connectivity index (χ1) is 10.4. The number of amides is 1. The van der Waals surface area contributed by atoms with Crippen molar-refractivity contribution >= 4 is 15.9 Å². The topological polar surface area (TPSA) is 75.7 Å². The fourth-order valence-electron chi connectivity index (χ4n) is 2.73. The summed E-state index contributed by atoms with van der Waals surface area (Å²) in [4.78, 5) is 14.2. The van der Waals surface area contributed by atoms with Gasteiger partial charge >= 0.3 is 0 Å². The molecule has 1 aromatic rings. The second-order valence-corrected chi connectivity index (χ2v) is 7.34. The van der Waals surface area contributed by atoms with Gasteiger partial charge in [-0.2, -0.15) is 0 Å². The first-order valence-corrected chi connectivity index (χ1v) is 9.15. The minimum atomic E-state index is -3.25. The van der Waals surface area contributed by atoms with Gasteiger partial charge < -0.3 is 9.64 Å². The summed E-state index contributed by atoms with van der Waals surface area (Å²) >= 11 is 0. The van der Waals surface area contributed by atoms with E-state index in [-0.39, 0.29) is 18.4 Å². The number of hydrogen-bond donors (Lipinski definition) is 1. The molecule has 1 amide bonds. The predicted octanol–water partition coefficient (Wildman–Crippen LogP) is 0.778. The number of ether oxygens (including phenoxy) is 1. The number of carbonyl (C=O) groups excluding carboxylic acids is 1. The van der Waals surface area contributed by atoms with Crippen LogP contribution in [0.15, 0.2) is 24.3 Å². The van der Waals surface area contributed by atoms with E-state index in [0.717, 1.165) is 24.7 Å². The van der Waals surface area contributed by atoms with E-state index in [2.05, 4.69) is 4.72 Å². The van der Waals surface area contributed by atoms with Crippen LogP contribution in [0.3, 0.4) is 0 Å². The largest absolute Gasteiger partial charge is 0.496 e. The van der Waals surface area contributed by atoms with Crippen LogP contribution in [0.25, 0.3) is 0 Å². The molecule has 0 aromatic heterocycles. The highest BCUT2D eigenvalue weighted by Gasteiger charge is 2.25. The lowest BCUT2D eigenvalue weighted by molar-refractivity contribution is -0.131. The number of para-hydroxylation sites is 1. The Kier molecular flexibility index (Phi) is 5.42. The van der Waals surface area contributed by atoms with Crippen LogP contribution in [0.5, 0.6) is 5.75 Å². The standard InChI is InChI=1S/C15H22N2O4S/c1-21-14-8-4-3-6-12(14)10-15(18)17-9-5-7-13(11-17)16-22(2,19)20/h3-4,6,8,13,16H,5,7,9-11H2,1-2H3. The Morgan fingerprint density at radius 3 is 2.82 bits per heavy atom. The molecule has 0 saturated carbocycles. The lowest BCUT2D eigenvalue weighted by atomic mass is 10.0. The van der Waals surface area contributed by atoms with Gasteiger partial charge in [0.1, 0.15) is 5.75 Å². The molecule has 1 aliphatic rings. The van der Waals surface area contributed by atoms with Crippen molar-refractivity contribution in [3.05, 3.63) is 29.8 Å². The van der Waals surface area contributed by atoms with Gasteiger partial charge in [0.2, 0.25) is 15.9 Å². The van der Waals surface area contributed by atoms with E-state index < -0.39 is 10.0 Å². The van der Waals surface area contributed by atoms with Crippen LogP contribution >= 0.6 is 0 Å². The number of nitrogens with zero attached hydrogens (tertiary/aromatic N) is 1. The molecule has 2 rings (SSSR count). The number of sulfonamides is 1. The maximum Gasteiger partial charge on any atom is 0.227 e. The van der Waals surface area contributed by atoms with Gasteiger partial charge in [0.25, 0.3) is 0 Å². The molecular formula is C15H22N2O4S. The number of carbonyl (C=O) groups is 1. The first-order valence-electron chi connectivity index (χ1n) is 7.26. The molecule has 1 heterocycles. The van der Waals surface area contributed by atoms with Crippen molar-refractivity contribution < 1.29 is 17.9 Å². The van der Waals surface area contributed by atoms with E-state index in [1.54, 1.807) is 12.0 Å². The van der Waals surface area contributed by atoms with Gasteiger partial charge in [0.15, 0.2) is 0 Å². The highest BCUT2D eigenvalue weighted by atomic mass is 32.2. The van der Waals surface area contributed by atoms with E-state index in [1.165, 1.54) is 0 Å². The summed E-state index contributed by atoms with van der Waals surface area (Å²) in [5, 5.41) is 0. The maximum atomic E-state index is 12.4. The molecule has 0 radical (unpaired) electrons. The summed E-state index contributed by atoms with van der Waals surface area (Å²) in [6.45, 7) is 1.08. The third-order valence-corrected chi connectivity index (χ3v) is 4.45. The van der Waals surface area contributed by atoms with Gasteiger partial charge in [-0.3, -0.25) is 4.79 Å². The average Bonchev–Trinajstić information content (AvgIpc) is 2.46. The normalized spacial score (nSPS) is 19.0. The highest BCUT2D eigenvalue weighted by Crippen LogP contribution is 2.20. The van der Waals surface area contributed by atoms with Crippen LogP contribution in [-0.4, -0.2) is 51.7 Å². The third-order valence-electron chi connectivity index (χ3n) is 3.69. The van der Waals surface area contributed by atoms with Crippen LogP contribution in [-0.2, 0) is 21.2 Å². The van der Waals surface area contributed by atoms with Gasteiger partial charge in [-0.25, -0.2) is 13.1 Å². The molecule has 1 aliphatic heterocycles. The quantitative estimate of drug-likeness (QED) is 0.867. The molecule has 1 atom stereocenters. The molecule has 7 heteroatoms. The van der Waals surface area contributed by atoms with Crippen molar-refractivity contribution in [1.29, 1.82) is 0 Å². The van der Waals surface area contributed by atoms with Gasteiger partial charge in [0, 0.05) is 24.7 Å². The number of benzene rings is 1. The number of piperidine rings is 1. The number of nitrogens with one attached hydrogen (secondary N) is 1. The monoisotopic (exact) mass is 326 g/mol. The van der Waals surface area contributed by atoms with Crippen molar-refractivity contribution in [2.45, 2.75) is 25.3 Å². The molecule has 0 bridgehead atoms. The van der Waals surface area contributed by atoms with Gasteiger partial charge in [-0.15, -0.1) is 0 Å². The van der Waals surface area contributed by atoms with Crippen molar-refractivity contribution in [3.8, 4) is 5.75 Å². The Bertz CT molecular complexity index is 630. The fourth-order valence-corrected chi connectivity index (χ4v) is 3.52. The highest BCUT2D eigenvalue weighted by molar-refractivity contribution is 7.88. The molecule has 1 fully saturated rings. The number of hydrogen-bond acceptors (Lipinski definition) is 4. The Hall–Kier alpha value is -1.60. The zero-order chi connectivity index (χ0) is 16.2. The molecule has 0 spiro atoms. The van der Waals surface area contributed by atoms with Gasteiger partial charge in [-0.1, -0.05) is 18.2 Å². The molecule has 22 heavy (non-hydrogen) atoms. The minimum absolute atomic E-state index is 0.00972. The Balaban J connectivity index is 2.00. The summed E-state index contributed by atoms with van der Waals surface area (Å²) in [5.41, 5.74) is 0.841. The van der Waals surface area contributed by atoms with Crippen molar-refractivity contribution in [1.82, 2.24) is 9.62 Å². The van der Waals surface area contributed by atoms with Crippen molar-refractivity contribution in [3.63, 3.8) is 0 Å². The Labute approximate surface area is 131 Å². The van der Waals surface area contributed by atoms with Crippen LogP contribution in [0.1, 0.15) is 18.4 Å². The molecule has 1 unspecified atom stereocenters. The zero-order valence-electron chi connectivity index (χ0n) is 12.9. The van der Waals surface area contributed by atoms with Crippen molar-refractivity contribution in [2.24, 2.45) is 0 Å². The van der Waals surface area contributed by atoms with Crippen LogP contribution in [0.4, 0.5) is 0 Å². The molecule has 1 aromatic carbocycles. The zero-order valence-corrected chi connectivity index (χ0v) is 13.7. The Morgan fingerprint density at radius 2 is 2.14 bits per heavy atom. The number of likely N-dealkylation sites (tertiary alicyclic amines) is 1.